The Hall–Kier alpha value is -3.38. The van der Waals surface area contributed by atoms with E-state index in [1.807, 2.05) is 63.5 Å². The summed E-state index contributed by atoms with van der Waals surface area (Å²) in [6.07, 6.45) is 4.19. The van der Waals surface area contributed by atoms with Crippen molar-refractivity contribution >= 4 is 11.6 Å². The highest BCUT2D eigenvalue weighted by molar-refractivity contribution is 5.95. The SMILES string of the molecule is Cc1ccc2c(c1)CC(C(=O)Nc1ccc(-c3ccncc3)cc1OCCN(C)C)CO2. The molecular weight excluding hydrogens is 402 g/mol. The molecule has 1 unspecified atom stereocenters. The lowest BCUT2D eigenvalue weighted by atomic mass is 9.94. The van der Waals surface area contributed by atoms with Crippen LogP contribution in [0, 0.1) is 12.8 Å². The summed E-state index contributed by atoms with van der Waals surface area (Å²) in [4.78, 5) is 19.2. The molecule has 1 N–H and O–H groups in total. The van der Waals surface area contributed by atoms with Gasteiger partial charge in [-0.25, -0.2) is 0 Å². The van der Waals surface area contributed by atoms with Gasteiger partial charge < -0.3 is 19.7 Å². The minimum Gasteiger partial charge on any atom is -0.492 e. The number of benzene rings is 2. The van der Waals surface area contributed by atoms with Crippen molar-refractivity contribution in [2.24, 2.45) is 5.92 Å². The topological polar surface area (TPSA) is 63.7 Å². The molecule has 32 heavy (non-hydrogen) atoms. The summed E-state index contributed by atoms with van der Waals surface area (Å²) in [7, 11) is 4.00. The normalized spacial score (nSPS) is 15.1. The molecule has 1 amide bonds. The third-order valence-corrected chi connectivity index (χ3v) is 5.54. The zero-order chi connectivity index (χ0) is 22.5. The van der Waals surface area contributed by atoms with Crippen LogP contribution in [0.15, 0.2) is 60.9 Å². The number of carbonyl (C=O) groups is 1. The second kappa shape index (κ2) is 9.83. The molecule has 2 heterocycles. The van der Waals surface area contributed by atoms with Gasteiger partial charge in [-0.3, -0.25) is 9.78 Å². The Kier molecular flexibility index (Phi) is 6.71. The van der Waals surface area contributed by atoms with Crippen molar-refractivity contribution < 1.29 is 14.3 Å². The fourth-order valence-electron chi connectivity index (χ4n) is 3.73. The average molecular weight is 432 g/mol. The number of nitrogens with one attached hydrogen (secondary N) is 1. The molecule has 0 saturated carbocycles. The highest BCUT2D eigenvalue weighted by atomic mass is 16.5. The van der Waals surface area contributed by atoms with Crippen LogP contribution in [-0.4, -0.2) is 49.6 Å². The van der Waals surface area contributed by atoms with Gasteiger partial charge in [-0.15, -0.1) is 0 Å². The van der Waals surface area contributed by atoms with Crippen molar-refractivity contribution in [3.63, 3.8) is 0 Å². The van der Waals surface area contributed by atoms with E-state index in [4.69, 9.17) is 9.47 Å². The smallest absolute Gasteiger partial charge is 0.231 e. The Morgan fingerprint density at radius 1 is 1.12 bits per heavy atom. The van der Waals surface area contributed by atoms with E-state index in [-0.39, 0.29) is 11.8 Å². The molecule has 1 atom stereocenters. The monoisotopic (exact) mass is 431 g/mol. The molecule has 3 aromatic rings. The van der Waals surface area contributed by atoms with E-state index in [0.717, 1.165) is 34.5 Å². The fraction of sp³-hybridized carbons (Fsp3) is 0.308. The number of rotatable bonds is 7. The second-order valence-corrected chi connectivity index (χ2v) is 8.41. The van der Waals surface area contributed by atoms with E-state index in [9.17, 15) is 4.79 Å². The number of ether oxygens (including phenoxy) is 2. The number of aromatic nitrogens is 1. The maximum atomic E-state index is 13.1. The molecule has 0 radical (unpaired) electrons. The number of nitrogens with zero attached hydrogens (tertiary/aromatic N) is 2. The van der Waals surface area contributed by atoms with Crippen LogP contribution in [0.25, 0.3) is 11.1 Å². The van der Waals surface area contributed by atoms with E-state index in [1.54, 1.807) is 12.4 Å². The Bertz CT molecular complexity index is 1080. The zero-order valence-electron chi connectivity index (χ0n) is 18.8. The van der Waals surface area contributed by atoms with Gasteiger partial charge in [0.25, 0.3) is 0 Å². The first kappa shape index (κ1) is 21.8. The maximum absolute atomic E-state index is 13.1. The van der Waals surface area contributed by atoms with Crippen LogP contribution in [0.2, 0.25) is 0 Å². The summed E-state index contributed by atoms with van der Waals surface area (Å²) in [5.41, 5.74) is 4.96. The van der Waals surface area contributed by atoms with Gasteiger partial charge in [0.2, 0.25) is 5.91 Å². The van der Waals surface area contributed by atoms with E-state index < -0.39 is 0 Å². The first-order valence-corrected chi connectivity index (χ1v) is 10.8. The molecule has 0 fully saturated rings. The molecule has 0 spiro atoms. The van der Waals surface area contributed by atoms with Crippen LogP contribution >= 0.6 is 0 Å². The molecule has 0 aliphatic carbocycles. The predicted molar refractivity (Wildman–Crippen MR) is 126 cm³/mol. The van der Waals surface area contributed by atoms with Crippen molar-refractivity contribution in [3.05, 3.63) is 72.1 Å². The van der Waals surface area contributed by atoms with Crippen LogP contribution in [0.1, 0.15) is 11.1 Å². The van der Waals surface area contributed by atoms with Crippen LogP contribution in [0.4, 0.5) is 5.69 Å². The van der Waals surface area contributed by atoms with Crippen LogP contribution < -0.4 is 14.8 Å². The molecule has 6 nitrogen and oxygen atoms in total. The van der Waals surface area contributed by atoms with Crippen molar-refractivity contribution in [3.8, 4) is 22.6 Å². The summed E-state index contributed by atoms with van der Waals surface area (Å²) in [6, 6.07) is 15.9. The van der Waals surface area contributed by atoms with Gasteiger partial charge in [-0.1, -0.05) is 23.8 Å². The number of hydrogen-bond donors (Lipinski definition) is 1. The molecule has 1 aromatic heterocycles. The molecule has 166 valence electrons. The van der Waals surface area contributed by atoms with Crippen molar-refractivity contribution in [2.45, 2.75) is 13.3 Å². The predicted octanol–water partition coefficient (Wildman–Crippen LogP) is 4.19. The van der Waals surface area contributed by atoms with Gasteiger partial charge in [0.1, 0.15) is 24.7 Å². The summed E-state index contributed by atoms with van der Waals surface area (Å²) < 4.78 is 11.9. The number of hydrogen-bond acceptors (Lipinski definition) is 5. The molecule has 1 aliphatic rings. The lowest BCUT2D eigenvalue weighted by molar-refractivity contribution is -0.121. The van der Waals surface area contributed by atoms with Crippen LogP contribution in [-0.2, 0) is 11.2 Å². The molecular formula is C26H29N3O3. The largest absolute Gasteiger partial charge is 0.492 e. The van der Waals surface area contributed by atoms with Gasteiger partial charge >= 0.3 is 0 Å². The van der Waals surface area contributed by atoms with E-state index in [0.29, 0.717) is 31.1 Å². The third kappa shape index (κ3) is 5.26. The molecule has 6 heteroatoms. The number of likely N-dealkylation sites (N-methyl/N-ethyl adjacent to an activating group) is 1. The second-order valence-electron chi connectivity index (χ2n) is 8.41. The van der Waals surface area contributed by atoms with Crippen LogP contribution in [0.5, 0.6) is 11.5 Å². The molecule has 1 aliphatic heterocycles. The summed E-state index contributed by atoms with van der Waals surface area (Å²) in [5.74, 6) is 1.21. The molecule has 2 aromatic carbocycles. The summed E-state index contributed by atoms with van der Waals surface area (Å²) >= 11 is 0. The highest BCUT2D eigenvalue weighted by Crippen LogP contribution is 2.33. The fourth-order valence-corrected chi connectivity index (χ4v) is 3.73. The minimum absolute atomic E-state index is 0.0636. The molecule has 4 rings (SSSR count). The Morgan fingerprint density at radius 3 is 2.72 bits per heavy atom. The maximum Gasteiger partial charge on any atom is 0.231 e. The quantitative estimate of drug-likeness (QED) is 0.608. The number of pyridine rings is 1. The number of anilines is 1. The zero-order valence-corrected chi connectivity index (χ0v) is 18.8. The lowest BCUT2D eigenvalue weighted by Gasteiger charge is -2.25. The van der Waals surface area contributed by atoms with Crippen molar-refractivity contribution in [1.29, 1.82) is 0 Å². The molecule has 0 saturated heterocycles. The molecule has 0 bridgehead atoms. The van der Waals surface area contributed by atoms with E-state index >= 15 is 0 Å². The van der Waals surface area contributed by atoms with Crippen molar-refractivity contribution in [1.82, 2.24) is 9.88 Å². The number of amides is 1. The minimum atomic E-state index is -0.251. The summed E-state index contributed by atoms with van der Waals surface area (Å²) in [5, 5.41) is 3.07. The Labute approximate surface area is 189 Å². The van der Waals surface area contributed by atoms with E-state index in [1.165, 1.54) is 0 Å². The van der Waals surface area contributed by atoms with Gasteiger partial charge in [0, 0.05) is 18.9 Å². The van der Waals surface area contributed by atoms with Gasteiger partial charge in [-0.2, -0.15) is 0 Å². The van der Waals surface area contributed by atoms with Gasteiger partial charge in [-0.05, 0) is 74.5 Å². The first-order valence-electron chi connectivity index (χ1n) is 10.8. The number of carbonyl (C=O) groups excluding carboxylic acids is 1. The standard InChI is InChI=1S/C26H29N3O3/c1-18-4-7-24-21(14-18)15-22(17-32-24)26(30)28-23-6-5-20(19-8-10-27-11-9-19)16-25(23)31-13-12-29(2)3/h4-11,14,16,22H,12-13,15,17H2,1-3H3,(H,28,30). The highest BCUT2D eigenvalue weighted by Gasteiger charge is 2.27. The first-order chi connectivity index (χ1) is 15.5. The average Bonchev–Trinajstić information content (AvgIpc) is 2.79. The summed E-state index contributed by atoms with van der Waals surface area (Å²) in [6.45, 7) is 3.72. The van der Waals surface area contributed by atoms with Crippen LogP contribution in [0.3, 0.4) is 0 Å². The van der Waals surface area contributed by atoms with Gasteiger partial charge in [0.15, 0.2) is 0 Å². The van der Waals surface area contributed by atoms with Crippen molar-refractivity contribution in [2.75, 3.05) is 39.2 Å². The third-order valence-electron chi connectivity index (χ3n) is 5.54. The number of fused-ring (bicyclic) bond motifs is 1. The lowest BCUT2D eigenvalue weighted by Crippen LogP contribution is -2.32. The van der Waals surface area contributed by atoms with E-state index in [2.05, 4.69) is 21.3 Å². The van der Waals surface area contributed by atoms with Gasteiger partial charge in [0.05, 0.1) is 11.6 Å². The Balaban J connectivity index is 1.53. The number of aryl methyl sites for hydroxylation is 1. The Morgan fingerprint density at radius 2 is 1.94 bits per heavy atom.